The third-order valence-corrected chi connectivity index (χ3v) is 3.24. The minimum Gasteiger partial charge on any atom is -0.462 e. The monoisotopic (exact) mass is 310 g/mol. The molecule has 8 heteroatoms. The highest BCUT2D eigenvalue weighted by Gasteiger charge is 2.33. The van der Waals surface area contributed by atoms with Crippen LogP contribution in [0.15, 0.2) is 5.03 Å². The number of pyridine rings is 1. The maximum Gasteiger partial charge on any atom is 0.404 e. The van der Waals surface area contributed by atoms with Crippen molar-refractivity contribution >= 4 is 29.4 Å². The third kappa shape index (κ3) is 3.44. The van der Waals surface area contributed by atoms with Crippen LogP contribution in [0.3, 0.4) is 0 Å². The third-order valence-electron chi connectivity index (χ3n) is 2.53. The van der Waals surface area contributed by atoms with E-state index in [1.165, 1.54) is 11.8 Å². The molecule has 0 fully saturated rings. The summed E-state index contributed by atoms with van der Waals surface area (Å²) in [5.41, 5.74) is 5.58. The van der Waals surface area contributed by atoms with Crippen molar-refractivity contribution in [2.75, 3.05) is 25.2 Å². The molecule has 7 nitrogen and oxygen atoms in total. The summed E-state index contributed by atoms with van der Waals surface area (Å²) in [6, 6.07) is 1.91. The second-order valence-corrected chi connectivity index (χ2v) is 4.57. The fourth-order valence-corrected chi connectivity index (χ4v) is 2.22. The number of hydrogen-bond donors (Lipinski definition) is 1. The first-order valence-electron chi connectivity index (χ1n) is 6.18. The molecule has 0 atom stereocenters. The molecule has 112 valence electrons. The molecule has 0 unspecified atom stereocenters. The van der Waals surface area contributed by atoms with Crippen molar-refractivity contribution in [3.63, 3.8) is 0 Å². The molecule has 1 aromatic rings. The van der Waals surface area contributed by atoms with Crippen molar-refractivity contribution in [2.24, 2.45) is 0 Å². The number of hydrogen-bond acceptors (Lipinski definition) is 7. The van der Waals surface area contributed by atoms with Crippen LogP contribution in [0.25, 0.3) is 0 Å². The number of nitriles is 1. The lowest BCUT2D eigenvalue weighted by molar-refractivity contribution is -0.431. The van der Waals surface area contributed by atoms with Gasteiger partial charge in [0.15, 0.2) is 11.1 Å². The molecule has 1 rings (SSSR count). The number of H-pyrrole nitrogens is 1. The minimum atomic E-state index is -0.779. The molecule has 0 saturated heterocycles. The van der Waals surface area contributed by atoms with E-state index in [2.05, 4.69) is 4.98 Å². The lowest BCUT2D eigenvalue weighted by atomic mass is 10.1. The van der Waals surface area contributed by atoms with E-state index in [0.29, 0.717) is 5.03 Å². The van der Waals surface area contributed by atoms with Gasteiger partial charge in [0.25, 0.3) is 5.03 Å². The van der Waals surface area contributed by atoms with E-state index in [0.717, 1.165) is 0 Å². The number of carbonyl (C=O) groups is 2. The summed E-state index contributed by atoms with van der Waals surface area (Å²) < 4.78 is 9.79. The average Bonchev–Trinajstić information content (AvgIpc) is 2.46. The first kappa shape index (κ1) is 16.8. The second kappa shape index (κ2) is 7.50. The zero-order valence-corrected chi connectivity index (χ0v) is 12.8. The predicted octanol–water partition coefficient (Wildman–Crippen LogP) is 1.03. The Kier molecular flexibility index (Phi) is 5.99. The Labute approximate surface area is 126 Å². The van der Waals surface area contributed by atoms with Gasteiger partial charge in [-0.05, 0) is 20.1 Å². The fraction of sp³-hybridized carbons (Fsp3) is 0.385. The Hall–Kier alpha value is -2.27. The molecule has 21 heavy (non-hydrogen) atoms. The fourth-order valence-electron chi connectivity index (χ4n) is 1.66. The molecule has 1 heterocycles. The van der Waals surface area contributed by atoms with Crippen LogP contribution >= 0.6 is 11.8 Å². The van der Waals surface area contributed by atoms with E-state index in [4.69, 9.17) is 20.5 Å². The Morgan fingerprint density at radius 3 is 2.33 bits per heavy atom. The lowest BCUT2D eigenvalue weighted by Crippen LogP contribution is -2.29. The van der Waals surface area contributed by atoms with Crippen molar-refractivity contribution in [1.29, 1.82) is 5.26 Å². The highest BCUT2D eigenvalue weighted by molar-refractivity contribution is 7.98. The Morgan fingerprint density at radius 2 is 1.86 bits per heavy atom. The number of nitrogens with two attached hydrogens (primary N) is 1. The minimum absolute atomic E-state index is 0.0953. The molecule has 0 aliphatic rings. The summed E-state index contributed by atoms with van der Waals surface area (Å²) in [7, 11) is 0. The Bertz CT molecular complexity index is 610. The molecule has 3 N–H and O–H groups in total. The number of aromatic amines is 1. The van der Waals surface area contributed by atoms with Gasteiger partial charge in [-0.2, -0.15) is 10.2 Å². The van der Waals surface area contributed by atoms with Crippen molar-refractivity contribution < 1.29 is 24.0 Å². The van der Waals surface area contributed by atoms with Crippen LogP contribution in [0, 0.1) is 11.3 Å². The van der Waals surface area contributed by atoms with Crippen LogP contribution < -0.4 is 10.7 Å². The number of nitrogens with zero attached hydrogens (tertiary/aromatic N) is 1. The zero-order chi connectivity index (χ0) is 16.0. The van der Waals surface area contributed by atoms with Crippen molar-refractivity contribution in [3.05, 3.63) is 16.8 Å². The summed E-state index contributed by atoms with van der Waals surface area (Å²) in [5.74, 6) is -1.51. The van der Waals surface area contributed by atoms with Crippen LogP contribution in [0.4, 0.5) is 5.69 Å². The van der Waals surface area contributed by atoms with Crippen LogP contribution in [0.2, 0.25) is 0 Å². The number of anilines is 1. The number of ether oxygens (including phenoxy) is 2. The van der Waals surface area contributed by atoms with Gasteiger partial charge in [0.2, 0.25) is 0 Å². The van der Waals surface area contributed by atoms with Gasteiger partial charge in [0.05, 0.1) is 18.9 Å². The van der Waals surface area contributed by atoms with E-state index in [9.17, 15) is 9.59 Å². The van der Waals surface area contributed by atoms with Gasteiger partial charge in [-0.25, -0.2) is 9.59 Å². The summed E-state index contributed by atoms with van der Waals surface area (Å²) in [4.78, 5) is 26.7. The molecule has 0 saturated carbocycles. The first-order valence-corrected chi connectivity index (χ1v) is 7.41. The molecule has 0 spiro atoms. The Balaban J connectivity index is 3.59. The van der Waals surface area contributed by atoms with E-state index < -0.39 is 11.9 Å². The average molecular weight is 310 g/mol. The predicted molar refractivity (Wildman–Crippen MR) is 75.8 cm³/mol. The van der Waals surface area contributed by atoms with Gasteiger partial charge in [0, 0.05) is 0 Å². The van der Waals surface area contributed by atoms with Gasteiger partial charge < -0.3 is 15.2 Å². The molecule has 1 aromatic heterocycles. The molecular formula is C13H16N3O4S+. The smallest absolute Gasteiger partial charge is 0.404 e. The zero-order valence-electron chi connectivity index (χ0n) is 12.0. The number of carbonyl (C=O) groups excluding carboxylic acids is 2. The van der Waals surface area contributed by atoms with E-state index in [-0.39, 0.29) is 35.7 Å². The van der Waals surface area contributed by atoms with Crippen LogP contribution in [0.1, 0.15) is 40.3 Å². The number of thioether (sulfide) groups is 1. The molecule has 0 amide bonds. The molecule has 0 aliphatic heterocycles. The van der Waals surface area contributed by atoms with Gasteiger partial charge in [0.1, 0.15) is 6.07 Å². The van der Waals surface area contributed by atoms with Gasteiger partial charge in [-0.15, -0.1) is 0 Å². The van der Waals surface area contributed by atoms with Crippen molar-refractivity contribution in [3.8, 4) is 6.07 Å². The van der Waals surface area contributed by atoms with Gasteiger partial charge >= 0.3 is 17.6 Å². The van der Waals surface area contributed by atoms with E-state index in [1.54, 1.807) is 20.1 Å². The summed E-state index contributed by atoms with van der Waals surface area (Å²) in [6.45, 7) is 3.53. The van der Waals surface area contributed by atoms with Crippen molar-refractivity contribution in [2.45, 2.75) is 18.9 Å². The molecular weight excluding hydrogens is 294 g/mol. The maximum absolute atomic E-state index is 12.0. The lowest BCUT2D eigenvalue weighted by Gasteiger charge is -2.09. The van der Waals surface area contributed by atoms with E-state index in [1.807, 2.05) is 6.07 Å². The molecule has 0 aliphatic carbocycles. The standard InChI is InChI=1S/C13H15N3O4S/c1-4-19-12(17)8-9(15)7(6-14)11(21-3)16-10(8)13(18)20-5-2/h4-5H2,1-3H3,(H2,15,16)/p+1. The number of nitrogens with one attached hydrogen (secondary N) is 1. The number of aromatic nitrogens is 1. The molecule has 0 radical (unpaired) electrons. The highest BCUT2D eigenvalue weighted by Crippen LogP contribution is 2.26. The Morgan fingerprint density at radius 1 is 1.29 bits per heavy atom. The number of esters is 2. The van der Waals surface area contributed by atoms with Gasteiger partial charge in [-0.1, -0.05) is 11.8 Å². The summed E-state index contributed by atoms with van der Waals surface area (Å²) in [6.07, 6.45) is 1.71. The molecule has 0 aromatic carbocycles. The van der Waals surface area contributed by atoms with Crippen molar-refractivity contribution in [1.82, 2.24) is 0 Å². The van der Waals surface area contributed by atoms with Gasteiger partial charge in [-0.3, -0.25) is 0 Å². The van der Waals surface area contributed by atoms with Crippen LogP contribution in [-0.4, -0.2) is 31.4 Å². The quantitative estimate of drug-likeness (QED) is 0.637. The normalized spacial score (nSPS) is 9.81. The topological polar surface area (TPSA) is 117 Å². The first-order chi connectivity index (χ1) is 10.0. The van der Waals surface area contributed by atoms with E-state index >= 15 is 0 Å². The van der Waals surface area contributed by atoms with Crippen LogP contribution in [-0.2, 0) is 9.47 Å². The second-order valence-electron chi connectivity index (χ2n) is 3.75. The molecule has 0 bridgehead atoms. The highest BCUT2D eigenvalue weighted by atomic mass is 32.2. The number of nitrogen functional groups attached to an aromatic ring is 1. The largest absolute Gasteiger partial charge is 0.462 e. The SMILES string of the molecule is CCOC(=O)c1[nH+]c(SC)c(C#N)c(N)c1C(=O)OCC. The summed E-state index contributed by atoms with van der Waals surface area (Å²) >= 11 is 1.20. The maximum atomic E-state index is 12.0. The van der Waals surface area contributed by atoms with Crippen LogP contribution in [0.5, 0.6) is 0 Å². The summed E-state index contributed by atoms with van der Waals surface area (Å²) in [5, 5.41) is 9.55. The number of rotatable bonds is 5.